The zero-order chi connectivity index (χ0) is 16.5. The molecule has 0 radical (unpaired) electrons. The lowest BCUT2D eigenvalue weighted by Gasteiger charge is -2.33. The molecule has 4 rings (SSSR count). The Morgan fingerprint density at radius 3 is 2.75 bits per heavy atom. The zero-order valence-electron chi connectivity index (χ0n) is 13.9. The quantitative estimate of drug-likeness (QED) is 0.840. The lowest BCUT2D eigenvalue weighted by atomic mass is 9.81. The smallest absolute Gasteiger partial charge is 0.263 e. The molecule has 5 nitrogen and oxygen atoms in total. The first-order valence-electron chi connectivity index (χ1n) is 8.90. The van der Waals surface area contributed by atoms with Crippen LogP contribution < -0.4 is 0 Å². The number of rotatable bonds is 3. The van der Waals surface area contributed by atoms with Crippen LogP contribution in [0.1, 0.15) is 28.9 Å². The minimum Gasteiger partial charge on any atom is -0.381 e. The van der Waals surface area contributed by atoms with Gasteiger partial charge in [0.05, 0.1) is 18.1 Å². The molecule has 4 heterocycles. The van der Waals surface area contributed by atoms with Crippen LogP contribution in [0.2, 0.25) is 0 Å². The SMILES string of the molecule is O=C(C[C@@H]1COC[C@H]2CN(C(=O)c3cccs3)C[C@@H]12)N1CCCC1. The van der Waals surface area contributed by atoms with Crippen molar-refractivity contribution in [2.75, 3.05) is 39.4 Å². The van der Waals surface area contributed by atoms with Gasteiger partial charge in [-0.25, -0.2) is 0 Å². The Hall–Kier alpha value is -1.40. The second-order valence-corrected chi connectivity index (χ2v) is 8.15. The predicted molar refractivity (Wildman–Crippen MR) is 91.9 cm³/mol. The third-order valence-corrected chi connectivity index (χ3v) is 6.53. The average molecular weight is 348 g/mol. The van der Waals surface area contributed by atoms with Gasteiger partial charge in [-0.05, 0) is 36.1 Å². The van der Waals surface area contributed by atoms with Crippen molar-refractivity contribution in [1.29, 1.82) is 0 Å². The summed E-state index contributed by atoms with van der Waals surface area (Å²) in [5.74, 6) is 1.42. The van der Waals surface area contributed by atoms with E-state index >= 15 is 0 Å². The van der Waals surface area contributed by atoms with Gasteiger partial charge in [0.1, 0.15) is 0 Å². The number of hydrogen-bond acceptors (Lipinski definition) is 4. The normalized spacial score (nSPS) is 29.8. The number of carbonyl (C=O) groups is 2. The van der Waals surface area contributed by atoms with E-state index in [0.717, 1.165) is 43.9 Å². The molecule has 1 aromatic heterocycles. The summed E-state index contributed by atoms with van der Waals surface area (Å²) < 4.78 is 5.77. The van der Waals surface area contributed by atoms with Crippen LogP contribution in [0.4, 0.5) is 0 Å². The molecule has 0 aliphatic carbocycles. The molecular weight excluding hydrogens is 324 g/mol. The predicted octanol–water partition coefficient (Wildman–Crippen LogP) is 2.10. The number of amides is 2. The molecule has 0 bridgehead atoms. The van der Waals surface area contributed by atoms with Gasteiger partial charge in [0.2, 0.25) is 5.91 Å². The molecule has 3 atom stereocenters. The number of fused-ring (bicyclic) bond motifs is 1. The number of thiophene rings is 1. The topological polar surface area (TPSA) is 49.9 Å². The summed E-state index contributed by atoms with van der Waals surface area (Å²) in [6.45, 7) is 4.71. The van der Waals surface area contributed by atoms with E-state index < -0.39 is 0 Å². The third kappa shape index (κ3) is 3.09. The maximum Gasteiger partial charge on any atom is 0.263 e. The summed E-state index contributed by atoms with van der Waals surface area (Å²) in [7, 11) is 0. The van der Waals surface area contributed by atoms with Crippen LogP contribution in [0.3, 0.4) is 0 Å². The third-order valence-electron chi connectivity index (χ3n) is 5.68. The van der Waals surface area contributed by atoms with E-state index in [4.69, 9.17) is 4.74 Å². The molecule has 3 fully saturated rings. The Kier molecular flexibility index (Phi) is 4.59. The molecular formula is C18H24N2O3S. The van der Waals surface area contributed by atoms with Crippen LogP contribution in [-0.2, 0) is 9.53 Å². The summed E-state index contributed by atoms with van der Waals surface area (Å²) in [6.07, 6.45) is 2.83. The average Bonchev–Trinajstić information content (AvgIpc) is 3.34. The molecule has 0 unspecified atom stereocenters. The molecule has 3 saturated heterocycles. The van der Waals surface area contributed by atoms with Crippen molar-refractivity contribution >= 4 is 23.2 Å². The Bertz CT molecular complexity index is 597. The number of hydrogen-bond donors (Lipinski definition) is 0. The van der Waals surface area contributed by atoms with Gasteiger partial charge in [-0.3, -0.25) is 9.59 Å². The van der Waals surface area contributed by atoms with Gasteiger partial charge < -0.3 is 14.5 Å². The first-order valence-corrected chi connectivity index (χ1v) is 9.78. The van der Waals surface area contributed by atoms with Crippen molar-refractivity contribution in [2.45, 2.75) is 19.3 Å². The first kappa shape index (κ1) is 16.1. The van der Waals surface area contributed by atoms with Gasteiger partial charge in [0, 0.05) is 38.5 Å². The lowest BCUT2D eigenvalue weighted by Crippen LogP contribution is -2.39. The fourth-order valence-electron chi connectivity index (χ4n) is 4.35. The van der Waals surface area contributed by atoms with Crippen LogP contribution in [0.25, 0.3) is 0 Å². The van der Waals surface area contributed by atoms with Gasteiger partial charge in [0.25, 0.3) is 5.91 Å². The van der Waals surface area contributed by atoms with E-state index in [1.54, 1.807) is 0 Å². The van der Waals surface area contributed by atoms with Crippen LogP contribution in [0, 0.1) is 17.8 Å². The van der Waals surface area contributed by atoms with E-state index in [1.165, 1.54) is 11.3 Å². The summed E-state index contributed by atoms with van der Waals surface area (Å²) in [5, 5.41) is 1.94. The lowest BCUT2D eigenvalue weighted by molar-refractivity contribution is -0.133. The van der Waals surface area contributed by atoms with Crippen molar-refractivity contribution < 1.29 is 14.3 Å². The molecule has 2 amide bonds. The highest BCUT2D eigenvalue weighted by Gasteiger charge is 2.43. The highest BCUT2D eigenvalue weighted by atomic mass is 32.1. The molecule has 6 heteroatoms. The Balaban J connectivity index is 1.41. The van der Waals surface area contributed by atoms with Crippen LogP contribution >= 0.6 is 11.3 Å². The molecule has 0 spiro atoms. The minimum atomic E-state index is 0.129. The molecule has 3 aliphatic rings. The zero-order valence-corrected chi connectivity index (χ0v) is 14.7. The molecule has 24 heavy (non-hydrogen) atoms. The largest absolute Gasteiger partial charge is 0.381 e. The summed E-state index contributed by atoms with van der Waals surface area (Å²) in [5.41, 5.74) is 0. The standard InChI is InChI=1S/C18H24N2O3S/c21-17(19-5-1-2-6-19)8-13-11-23-12-14-9-20(10-15(13)14)18(22)16-4-3-7-24-16/h3-4,7,13-15H,1-2,5-6,8-12H2/t13-,14-,15+/m1/s1. The van der Waals surface area contributed by atoms with E-state index in [9.17, 15) is 9.59 Å². The molecule has 0 N–H and O–H groups in total. The second-order valence-electron chi connectivity index (χ2n) is 7.20. The van der Waals surface area contributed by atoms with E-state index in [2.05, 4.69) is 0 Å². The molecule has 0 aromatic carbocycles. The van der Waals surface area contributed by atoms with Crippen LogP contribution in [-0.4, -0.2) is 61.0 Å². The van der Waals surface area contributed by atoms with Crippen molar-refractivity contribution in [1.82, 2.24) is 9.80 Å². The minimum absolute atomic E-state index is 0.129. The fourth-order valence-corrected chi connectivity index (χ4v) is 5.04. The Morgan fingerprint density at radius 2 is 2.00 bits per heavy atom. The molecule has 0 saturated carbocycles. The van der Waals surface area contributed by atoms with Crippen molar-refractivity contribution in [3.8, 4) is 0 Å². The fraction of sp³-hybridized carbons (Fsp3) is 0.667. The number of carbonyl (C=O) groups excluding carboxylic acids is 2. The van der Waals surface area contributed by atoms with Crippen LogP contribution in [0.5, 0.6) is 0 Å². The van der Waals surface area contributed by atoms with Gasteiger partial charge in [-0.1, -0.05) is 6.07 Å². The highest BCUT2D eigenvalue weighted by Crippen LogP contribution is 2.37. The summed E-state index contributed by atoms with van der Waals surface area (Å²) >= 11 is 1.50. The molecule has 130 valence electrons. The Labute approximate surface area is 146 Å². The van der Waals surface area contributed by atoms with Crippen molar-refractivity contribution in [3.05, 3.63) is 22.4 Å². The first-order chi connectivity index (χ1) is 11.7. The summed E-state index contributed by atoms with van der Waals surface area (Å²) in [4.78, 5) is 29.9. The maximum atomic E-state index is 12.6. The van der Waals surface area contributed by atoms with Gasteiger partial charge >= 0.3 is 0 Å². The molecule has 3 aliphatic heterocycles. The maximum absolute atomic E-state index is 12.6. The van der Waals surface area contributed by atoms with Gasteiger partial charge in [-0.2, -0.15) is 0 Å². The second kappa shape index (κ2) is 6.84. The van der Waals surface area contributed by atoms with E-state index in [-0.39, 0.29) is 17.7 Å². The molecule has 1 aromatic rings. The highest BCUT2D eigenvalue weighted by molar-refractivity contribution is 7.12. The number of ether oxygens (including phenoxy) is 1. The van der Waals surface area contributed by atoms with E-state index in [1.807, 2.05) is 27.3 Å². The number of nitrogens with zero attached hydrogens (tertiary/aromatic N) is 2. The monoisotopic (exact) mass is 348 g/mol. The van der Waals surface area contributed by atoms with Crippen LogP contribution in [0.15, 0.2) is 17.5 Å². The van der Waals surface area contributed by atoms with Gasteiger partial charge in [-0.15, -0.1) is 11.3 Å². The van der Waals surface area contributed by atoms with E-state index in [0.29, 0.717) is 31.5 Å². The number of likely N-dealkylation sites (tertiary alicyclic amines) is 2. The summed E-state index contributed by atoms with van der Waals surface area (Å²) in [6, 6.07) is 3.81. The Morgan fingerprint density at radius 1 is 1.17 bits per heavy atom. The van der Waals surface area contributed by atoms with Gasteiger partial charge in [0.15, 0.2) is 0 Å². The van der Waals surface area contributed by atoms with Crippen molar-refractivity contribution in [3.63, 3.8) is 0 Å². The van der Waals surface area contributed by atoms with Crippen molar-refractivity contribution in [2.24, 2.45) is 17.8 Å².